The van der Waals surface area contributed by atoms with E-state index in [-0.39, 0.29) is 0 Å². The van der Waals surface area contributed by atoms with Gasteiger partial charge in [-0.15, -0.1) is 0 Å². The summed E-state index contributed by atoms with van der Waals surface area (Å²) in [4.78, 5) is 0. The Bertz CT molecular complexity index is 540. The number of aryl methyl sites for hydroxylation is 1. The van der Waals surface area contributed by atoms with Gasteiger partial charge in [-0.1, -0.05) is 35.9 Å². The lowest BCUT2D eigenvalue weighted by molar-refractivity contribution is 0.471. The molecule has 0 aliphatic carbocycles. The molecule has 0 amide bonds. The van der Waals surface area contributed by atoms with Crippen molar-refractivity contribution in [2.75, 3.05) is 7.05 Å². The molecular weight excluding hydrogens is 246 g/mol. The average molecular weight is 262 g/mol. The molecule has 2 rings (SSSR count). The third-order valence-corrected chi connectivity index (χ3v) is 2.95. The van der Waals surface area contributed by atoms with E-state index < -0.39 is 0 Å². The third kappa shape index (κ3) is 3.03. The third-order valence-electron chi connectivity index (χ3n) is 2.71. The van der Waals surface area contributed by atoms with Crippen molar-refractivity contribution in [1.29, 1.82) is 0 Å². The number of halogens is 1. The average Bonchev–Trinajstić information content (AvgIpc) is 2.36. The molecule has 0 atom stereocenters. The van der Waals surface area contributed by atoms with Crippen LogP contribution in [0.3, 0.4) is 0 Å². The first kappa shape index (κ1) is 12.9. The van der Waals surface area contributed by atoms with Gasteiger partial charge in [-0.25, -0.2) is 0 Å². The van der Waals surface area contributed by atoms with Crippen LogP contribution in [-0.2, 0) is 6.54 Å². The summed E-state index contributed by atoms with van der Waals surface area (Å²) in [5.41, 5.74) is 2.19. The first-order chi connectivity index (χ1) is 8.70. The molecule has 0 saturated carbocycles. The summed E-state index contributed by atoms with van der Waals surface area (Å²) in [5, 5.41) is 3.81. The van der Waals surface area contributed by atoms with E-state index in [0.29, 0.717) is 5.02 Å². The van der Waals surface area contributed by atoms with Gasteiger partial charge in [0.05, 0.1) is 0 Å². The second-order valence-electron chi connectivity index (χ2n) is 4.15. The second kappa shape index (κ2) is 5.89. The number of hydrogen-bond donors (Lipinski definition) is 1. The Labute approximate surface area is 113 Å². The van der Waals surface area contributed by atoms with Gasteiger partial charge >= 0.3 is 0 Å². The predicted molar refractivity (Wildman–Crippen MR) is 75.5 cm³/mol. The topological polar surface area (TPSA) is 21.3 Å². The van der Waals surface area contributed by atoms with Crippen LogP contribution in [-0.4, -0.2) is 7.05 Å². The normalized spacial score (nSPS) is 10.4. The molecule has 3 heteroatoms. The SMILES string of the molecule is CNCc1ccccc1Oc1cc(Cl)ccc1C. The van der Waals surface area contributed by atoms with Crippen molar-refractivity contribution in [3.63, 3.8) is 0 Å². The van der Waals surface area contributed by atoms with Gasteiger partial charge in [-0.2, -0.15) is 0 Å². The molecule has 0 heterocycles. The Morgan fingerprint density at radius 1 is 1.11 bits per heavy atom. The summed E-state index contributed by atoms with van der Waals surface area (Å²) >= 11 is 5.99. The number of rotatable bonds is 4. The molecule has 0 saturated heterocycles. The molecular formula is C15H16ClNO. The van der Waals surface area contributed by atoms with Crippen LogP contribution in [0, 0.1) is 6.92 Å². The number of ether oxygens (including phenoxy) is 1. The number of para-hydroxylation sites is 1. The highest BCUT2D eigenvalue weighted by Gasteiger charge is 2.06. The monoisotopic (exact) mass is 261 g/mol. The molecule has 0 bridgehead atoms. The molecule has 0 aromatic heterocycles. The zero-order chi connectivity index (χ0) is 13.0. The van der Waals surface area contributed by atoms with Gasteiger partial charge in [0.25, 0.3) is 0 Å². The summed E-state index contributed by atoms with van der Waals surface area (Å²) in [5.74, 6) is 1.66. The van der Waals surface area contributed by atoms with Crippen LogP contribution in [0.5, 0.6) is 11.5 Å². The lowest BCUT2D eigenvalue weighted by Gasteiger charge is -2.12. The maximum absolute atomic E-state index is 5.99. The van der Waals surface area contributed by atoms with Crippen molar-refractivity contribution < 1.29 is 4.74 Å². The summed E-state index contributed by atoms with van der Waals surface area (Å²) in [6, 6.07) is 13.6. The minimum Gasteiger partial charge on any atom is -0.457 e. The molecule has 1 N–H and O–H groups in total. The molecule has 0 fully saturated rings. The maximum atomic E-state index is 5.99. The Balaban J connectivity index is 2.30. The summed E-state index contributed by atoms with van der Waals surface area (Å²) in [7, 11) is 1.92. The van der Waals surface area contributed by atoms with Gasteiger partial charge < -0.3 is 10.1 Å². The van der Waals surface area contributed by atoms with Gasteiger partial charge in [0.15, 0.2) is 0 Å². The summed E-state index contributed by atoms with van der Waals surface area (Å²) < 4.78 is 5.95. The molecule has 0 spiro atoms. The molecule has 0 radical (unpaired) electrons. The molecule has 0 aliphatic heterocycles. The van der Waals surface area contributed by atoms with Gasteiger partial charge in [0.2, 0.25) is 0 Å². The van der Waals surface area contributed by atoms with Gasteiger partial charge in [-0.05, 0) is 37.7 Å². The molecule has 94 valence electrons. The quantitative estimate of drug-likeness (QED) is 0.892. The van der Waals surface area contributed by atoms with Crippen LogP contribution in [0.2, 0.25) is 5.02 Å². The Hall–Kier alpha value is -1.51. The standard InChI is InChI=1S/C15H16ClNO/c1-11-7-8-13(16)9-15(11)18-14-6-4-3-5-12(14)10-17-2/h3-9,17H,10H2,1-2H3. The van der Waals surface area contributed by atoms with Crippen LogP contribution in [0.25, 0.3) is 0 Å². The number of nitrogens with one attached hydrogen (secondary N) is 1. The van der Waals surface area contributed by atoms with E-state index in [9.17, 15) is 0 Å². The fraction of sp³-hybridized carbons (Fsp3) is 0.200. The highest BCUT2D eigenvalue weighted by atomic mass is 35.5. The number of benzene rings is 2. The first-order valence-corrected chi connectivity index (χ1v) is 6.25. The van der Waals surface area contributed by atoms with Crippen molar-refractivity contribution in [2.45, 2.75) is 13.5 Å². The van der Waals surface area contributed by atoms with Crippen LogP contribution >= 0.6 is 11.6 Å². The van der Waals surface area contributed by atoms with Crippen molar-refractivity contribution >= 4 is 11.6 Å². The van der Waals surface area contributed by atoms with Gasteiger partial charge in [-0.3, -0.25) is 0 Å². The predicted octanol–water partition coefficient (Wildman–Crippen LogP) is 4.16. The maximum Gasteiger partial charge on any atom is 0.131 e. The first-order valence-electron chi connectivity index (χ1n) is 5.87. The van der Waals surface area contributed by atoms with E-state index in [1.54, 1.807) is 0 Å². The largest absolute Gasteiger partial charge is 0.457 e. The molecule has 18 heavy (non-hydrogen) atoms. The summed E-state index contributed by atoms with van der Waals surface area (Å²) in [6.45, 7) is 2.78. The van der Waals surface area contributed by atoms with E-state index in [0.717, 1.165) is 29.2 Å². The lowest BCUT2D eigenvalue weighted by atomic mass is 10.2. The minimum absolute atomic E-state index is 0.682. The highest BCUT2D eigenvalue weighted by molar-refractivity contribution is 6.30. The second-order valence-corrected chi connectivity index (χ2v) is 4.59. The lowest BCUT2D eigenvalue weighted by Crippen LogP contribution is -2.06. The van der Waals surface area contributed by atoms with Gasteiger partial charge in [0.1, 0.15) is 11.5 Å². The molecule has 0 unspecified atom stereocenters. The molecule has 2 nitrogen and oxygen atoms in total. The van der Waals surface area contributed by atoms with E-state index in [1.165, 1.54) is 0 Å². The molecule has 2 aromatic rings. The van der Waals surface area contributed by atoms with Crippen LogP contribution in [0.1, 0.15) is 11.1 Å². The fourth-order valence-electron chi connectivity index (χ4n) is 1.74. The Morgan fingerprint density at radius 3 is 2.67 bits per heavy atom. The number of hydrogen-bond acceptors (Lipinski definition) is 2. The van der Waals surface area contributed by atoms with E-state index in [1.807, 2.05) is 56.4 Å². The smallest absolute Gasteiger partial charge is 0.131 e. The van der Waals surface area contributed by atoms with Crippen molar-refractivity contribution in [2.24, 2.45) is 0 Å². The van der Waals surface area contributed by atoms with Crippen molar-refractivity contribution in [1.82, 2.24) is 5.32 Å². The molecule has 2 aromatic carbocycles. The van der Waals surface area contributed by atoms with Crippen LogP contribution < -0.4 is 10.1 Å². The summed E-state index contributed by atoms with van der Waals surface area (Å²) in [6.07, 6.45) is 0. The zero-order valence-electron chi connectivity index (χ0n) is 10.5. The van der Waals surface area contributed by atoms with E-state index in [2.05, 4.69) is 5.32 Å². The molecule has 0 aliphatic rings. The van der Waals surface area contributed by atoms with Crippen molar-refractivity contribution in [3.8, 4) is 11.5 Å². The minimum atomic E-state index is 0.682. The van der Waals surface area contributed by atoms with Crippen LogP contribution in [0.4, 0.5) is 0 Å². The highest BCUT2D eigenvalue weighted by Crippen LogP contribution is 2.29. The fourth-order valence-corrected chi connectivity index (χ4v) is 1.90. The van der Waals surface area contributed by atoms with E-state index >= 15 is 0 Å². The van der Waals surface area contributed by atoms with Crippen molar-refractivity contribution in [3.05, 3.63) is 58.6 Å². The van der Waals surface area contributed by atoms with Gasteiger partial charge in [0, 0.05) is 17.1 Å². The van der Waals surface area contributed by atoms with Crippen LogP contribution in [0.15, 0.2) is 42.5 Å². The zero-order valence-corrected chi connectivity index (χ0v) is 11.3. The van der Waals surface area contributed by atoms with E-state index in [4.69, 9.17) is 16.3 Å². The Kier molecular flexibility index (Phi) is 4.24. The Morgan fingerprint density at radius 2 is 1.89 bits per heavy atom.